The van der Waals surface area contributed by atoms with Crippen LogP contribution in [0.2, 0.25) is 0 Å². The maximum Gasteiger partial charge on any atom is 0.180 e. The molecule has 0 radical (unpaired) electrons. The van der Waals surface area contributed by atoms with Crippen molar-refractivity contribution in [3.63, 3.8) is 0 Å². The van der Waals surface area contributed by atoms with Gasteiger partial charge in [0.25, 0.3) is 0 Å². The molecule has 1 N–H and O–H groups in total. The van der Waals surface area contributed by atoms with E-state index in [1.807, 2.05) is 13.8 Å². The number of ketones is 1. The Morgan fingerprint density at radius 1 is 1.29 bits per heavy atom. The van der Waals surface area contributed by atoms with Gasteiger partial charge in [-0.15, -0.1) is 0 Å². The number of allylic oxidation sites excluding steroid dienone is 2. The maximum absolute atomic E-state index is 11.0. The highest BCUT2D eigenvalue weighted by Crippen LogP contribution is 2.17. The number of nitrogens with one attached hydrogen (secondary N) is 1. The standard InChI is InChI=1S/C7H9NO3S.C2H6/c1-12(10,11)5-2-3-7(9)6(8)4-5;1-2/h4,8H,2-3H2,1H3;1-2H3. The van der Waals surface area contributed by atoms with Crippen LogP contribution in [-0.4, -0.2) is 26.2 Å². The van der Waals surface area contributed by atoms with E-state index in [4.69, 9.17) is 5.41 Å². The molecule has 4 nitrogen and oxygen atoms in total. The van der Waals surface area contributed by atoms with E-state index in [1.54, 1.807) is 0 Å². The van der Waals surface area contributed by atoms with E-state index in [-0.39, 0.29) is 29.2 Å². The highest BCUT2D eigenvalue weighted by atomic mass is 32.2. The van der Waals surface area contributed by atoms with Crippen LogP contribution in [0.3, 0.4) is 0 Å². The van der Waals surface area contributed by atoms with E-state index >= 15 is 0 Å². The predicted molar refractivity (Wildman–Crippen MR) is 56.2 cm³/mol. The zero-order chi connectivity index (χ0) is 11.4. The van der Waals surface area contributed by atoms with Crippen molar-refractivity contribution in [2.24, 2.45) is 0 Å². The van der Waals surface area contributed by atoms with Gasteiger partial charge in [0.15, 0.2) is 15.6 Å². The fourth-order valence-electron chi connectivity index (χ4n) is 0.977. The molecule has 0 unspecified atom stereocenters. The van der Waals surface area contributed by atoms with E-state index in [9.17, 15) is 13.2 Å². The molecule has 0 aromatic carbocycles. The summed E-state index contributed by atoms with van der Waals surface area (Å²) in [6.07, 6.45) is 2.60. The number of sulfone groups is 1. The Kier molecular flexibility index (Phi) is 4.70. The molecule has 14 heavy (non-hydrogen) atoms. The van der Waals surface area contributed by atoms with Crippen molar-refractivity contribution in [2.75, 3.05) is 6.26 Å². The Morgan fingerprint density at radius 3 is 2.14 bits per heavy atom. The first-order valence-corrected chi connectivity index (χ1v) is 6.33. The molecule has 0 aromatic heterocycles. The summed E-state index contributed by atoms with van der Waals surface area (Å²) in [4.78, 5) is 11.0. The largest absolute Gasteiger partial charge is 0.297 e. The van der Waals surface area contributed by atoms with Crippen molar-refractivity contribution >= 4 is 21.3 Å². The molecule has 0 spiro atoms. The fourth-order valence-corrected chi connectivity index (χ4v) is 1.78. The van der Waals surface area contributed by atoms with Gasteiger partial charge < -0.3 is 0 Å². The van der Waals surface area contributed by atoms with Crippen molar-refractivity contribution in [1.82, 2.24) is 0 Å². The lowest BCUT2D eigenvalue weighted by atomic mass is 10.0. The molecule has 0 aromatic rings. The molecule has 0 heterocycles. The Bertz CT molecular complexity index is 366. The van der Waals surface area contributed by atoms with Crippen LogP contribution in [0.25, 0.3) is 0 Å². The highest BCUT2D eigenvalue weighted by molar-refractivity contribution is 7.94. The second-order valence-electron chi connectivity index (χ2n) is 2.72. The molecule has 0 saturated carbocycles. The van der Waals surface area contributed by atoms with Gasteiger partial charge in [-0.3, -0.25) is 10.2 Å². The Hall–Kier alpha value is -0.970. The molecular weight excluding hydrogens is 202 g/mol. The summed E-state index contributed by atoms with van der Waals surface area (Å²) in [7, 11) is -3.21. The topological polar surface area (TPSA) is 75.1 Å². The molecule has 1 rings (SSSR count). The van der Waals surface area contributed by atoms with E-state index in [1.165, 1.54) is 0 Å². The molecule has 0 bridgehead atoms. The van der Waals surface area contributed by atoms with Gasteiger partial charge in [-0.2, -0.15) is 0 Å². The SMILES string of the molecule is CC.CS(=O)(=O)C1=CC(=N)C(=O)CC1. The van der Waals surface area contributed by atoms with Crippen LogP contribution in [0.5, 0.6) is 0 Å². The van der Waals surface area contributed by atoms with E-state index in [0.717, 1.165) is 12.3 Å². The van der Waals surface area contributed by atoms with Gasteiger partial charge in [0.1, 0.15) is 0 Å². The van der Waals surface area contributed by atoms with Crippen LogP contribution >= 0.6 is 0 Å². The van der Waals surface area contributed by atoms with Gasteiger partial charge >= 0.3 is 0 Å². The zero-order valence-electron chi connectivity index (χ0n) is 8.62. The van der Waals surface area contributed by atoms with Gasteiger partial charge in [0, 0.05) is 17.6 Å². The van der Waals surface area contributed by atoms with Crippen molar-refractivity contribution in [3.8, 4) is 0 Å². The van der Waals surface area contributed by atoms with Gasteiger partial charge in [0.05, 0.1) is 5.71 Å². The molecule has 80 valence electrons. The molecule has 1 aliphatic carbocycles. The lowest BCUT2D eigenvalue weighted by Gasteiger charge is -2.09. The zero-order valence-corrected chi connectivity index (χ0v) is 9.44. The number of carbonyl (C=O) groups is 1. The fraction of sp³-hybridized carbons (Fsp3) is 0.556. The average Bonchev–Trinajstić information content (AvgIpc) is 2.11. The minimum Gasteiger partial charge on any atom is -0.297 e. The van der Waals surface area contributed by atoms with Crippen molar-refractivity contribution in [3.05, 3.63) is 11.0 Å². The van der Waals surface area contributed by atoms with Crippen LogP contribution in [0.15, 0.2) is 11.0 Å². The third-order valence-corrected chi connectivity index (χ3v) is 2.95. The molecule has 0 saturated heterocycles. The first kappa shape index (κ1) is 13.0. The molecule has 1 aliphatic rings. The third kappa shape index (κ3) is 3.41. The minimum atomic E-state index is -3.21. The lowest BCUT2D eigenvalue weighted by molar-refractivity contribution is -0.113. The van der Waals surface area contributed by atoms with E-state index < -0.39 is 9.84 Å². The molecule has 0 aliphatic heterocycles. The predicted octanol–water partition coefficient (Wildman–Crippen LogP) is 1.32. The Balaban J connectivity index is 0.000000791. The number of hydrogen-bond acceptors (Lipinski definition) is 4. The molecular formula is C9H15NO3S. The van der Waals surface area contributed by atoms with Crippen LogP contribution in [0.1, 0.15) is 26.7 Å². The second-order valence-corrected chi connectivity index (χ2v) is 4.79. The quantitative estimate of drug-likeness (QED) is 0.719. The van der Waals surface area contributed by atoms with Crippen LogP contribution in [-0.2, 0) is 14.6 Å². The lowest BCUT2D eigenvalue weighted by Crippen LogP contribution is -2.18. The number of hydrogen-bond donors (Lipinski definition) is 1. The van der Waals surface area contributed by atoms with Crippen LogP contribution in [0, 0.1) is 5.41 Å². The van der Waals surface area contributed by atoms with Crippen molar-refractivity contribution in [1.29, 1.82) is 5.41 Å². The Labute approximate surface area is 84.4 Å². The maximum atomic E-state index is 11.0. The average molecular weight is 217 g/mol. The number of carbonyl (C=O) groups excluding carboxylic acids is 1. The van der Waals surface area contributed by atoms with Gasteiger partial charge in [-0.25, -0.2) is 8.42 Å². The monoisotopic (exact) mass is 217 g/mol. The summed E-state index contributed by atoms with van der Waals surface area (Å²) in [5.74, 6) is -0.289. The summed E-state index contributed by atoms with van der Waals surface area (Å²) in [6, 6.07) is 0. The van der Waals surface area contributed by atoms with Crippen molar-refractivity contribution in [2.45, 2.75) is 26.7 Å². The minimum absolute atomic E-state index is 0.137. The number of Topliss-reactive ketones (excluding diaryl/α,β-unsaturated/α-hetero) is 1. The molecule has 5 heteroatoms. The molecule has 0 atom stereocenters. The van der Waals surface area contributed by atoms with E-state index in [0.29, 0.717) is 0 Å². The number of rotatable bonds is 1. The van der Waals surface area contributed by atoms with Crippen LogP contribution < -0.4 is 0 Å². The third-order valence-electron chi connectivity index (χ3n) is 1.68. The summed E-state index contributed by atoms with van der Waals surface area (Å²) < 4.78 is 21.9. The first-order chi connectivity index (χ1) is 6.41. The van der Waals surface area contributed by atoms with Crippen LogP contribution in [0.4, 0.5) is 0 Å². The van der Waals surface area contributed by atoms with Gasteiger partial charge in [-0.05, 0) is 12.5 Å². The normalized spacial score (nSPS) is 16.9. The molecule has 0 amide bonds. The van der Waals surface area contributed by atoms with Gasteiger partial charge in [0.2, 0.25) is 0 Å². The van der Waals surface area contributed by atoms with Gasteiger partial charge in [-0.1, -0.05) is 13.8 Å². The van der Waals surface area contributed by atoms with Crippen molar-refractivity contribution < 1.29 is 13.2 Å². The summed E-state index contributed by atoms with van der Waals surface area (Å²) >= 11 is 0. The molecule has 0 fully saturated rings. The summed E-state index contributed by atoms with van der Waals surface area (Å²) in [5.41, 5.74) is -0.207. The van der Waals surface area contributed by atoms with E-state index in [2.05, 4.69) is 0 Å². The highest BCUT2D eigenvalue weighted by Gasteiger charge is 2.21. The Morgan fingerprint density at radius 2 is 1.79 bits per heavy atom. The summed E-state index contributed by atoms with van der Waals surface area (Å²) in [5, 5.41) is 7.11. The smallest absolute Gasteiger partial charge is 0.180 e. The second kappa shape index (κ2) is 5.05. The first-order valence-electron chi connectivity index (χ1n) is 4.43. The summed E-state index contributed by atoms with van der Waals surface area (Å²) in [6.45, 7) is 4.00.